The van der Waals surface area contributed by atoms with Crippen LogP contribution in [0.3, 0.4) is 0 Å². The summed E-state index contributed by atoms with van der Waals surface area (Å²) >= 11 is 2.98. The van der Waals surface area contributed by atoms with Gasteiger partial charge in [0.25, 0.3) is 11.8 Å². The van der Waals surface area contributed by atoms with Crippen LogP contribution in [0.1, 0.15) is 43.8 Å². The fourth-order valence-corrected chi connectivity index (χ4v) is 4.20. The van der Waals surface area contributed by atoms with E-state index in [1.54, 1.807) is 11.4 Å². The monoisotopic (exact) mass is 320 g/mol. The standard InChI is InChI=1S/C15H16N2O2S2/c1-9-2-3-12-11(6-9)7-13(21-12)15(19)17-16-14(18)10-4-5-20-8-10/h4-5,7-9H,2-3,6H2,1H3,(H,16,18)(H,17,19)/t9-/m1/s1. The molecule has 0 bridgehead atoms. The Morgan fingerprint density at radius 1 is 1.29 bits per heavy atom. The molecule has 3 rings (SSSR count). The second-order valence-corrected chi connectivity index (χ2v) is 7.24. The lowest BCUT2D eigenvalue weighted by Crippen LogP contribution is -2.41. The second-order valence-electron chi connectivity index (χ2n) is 5.33. The van der Waals surface area contributed by atoms with E-state index in [-0.39, 0.29) is 11.8 Å². The largest absolute Gasteiger partial charge is 0.279 e. The normalized spacial score (nSPS) is 17.1. The highest BCUT2D eigenvalue weighted by molar-refractivity contribution is 7.14. The number of hydrogen-bond donors (Lipinski definition) is 2. The molecule has 2 aromatic heterocycles. The molecular formula is C15H16N2O2S2. The Morgan fingerprint density at radius 3 is 2.86 bits per heavy atom. The van der Waals surface area contributed by atoms with Crippen LogP contribution in [0, 0.1) is 5.92 Å². The first-order valence-electron chi connectivity index (χ1n) is 6.88. The summed E-state index contributed by atoms with van der Waals surface area (Å²) in [6.07, 6.45) is 3.28. The fraction of sp³-hybridized carbons (Fsp3) is 0.333. The van der Waals surface area contributed by atoms with E-state index in [9.17, 15) is 9.59 Å². The summed E-state index contributed by atoms with van der Waals surface area (Å²) in [7, 11) is 0. The Bertz CT molecular complexity index is 661. The second kappa shape index (κ2) is 5.99. The number of hydrazine groups is 1. The van der Waals surface area contributed by atoms with Gasteiger partial charge in [-0.2, -0.15) is 11.3 Å². The average Bonchev–Trinajstić information content (AvgIpc) is 3.12. The van der Waals surface area contributed by atoms with Gasteiger partial charge in [0.05, 0.1) is 10.4 Å². The maximum absolute atomic E-state index is 12.1. The quantitative estimate of drug-likeness (QED) is 0.836. The van der Waals surface area contributed by atoms with E-state index in [0.29, 0.717) is 16.4 Å². The van der Waals surface area contributed by atoms with E-state index >= 15 is 0 Å². The molecule has 1 atom stereocenters. The average molecular weight is 320 g/mol. The summed E-state index contributed by atoms with van der Waals surface area (Å²) in [5, 5.41) is 3.57. The number of carbonyl (C=O) groups is 2. The summed E-state index contributed by atoms with van der Waals surface area (Å²) in [4.78, 5) is 25.8. The lowest BCUT2D eigenvalue weighted by atomic mass is 9.90. The van der Waals surface area contributed by atoms with Gasteiger partial charge in [-0.15, -0.1) is 11.3 Å². The lowest BCUT2D eigenvalue weighted by Gasteiger charge is -2.16. The number of fused-ring (bicyclic) bond motifs is 1. The third-order valence-corrected chi connectivity index (χ3v) is 5.55. The maximum atomic E-state index is 12.1. The Morgan fingerprint density at radius 2 is 2.10 bits per heavy atom. The zero-order valence-corrected chi connectivity index (χ0v) is 13.3. The van der Waals surface area contributed by atoms with E-state index < -0.39 is 0 Å². The SMILES string of the molecule is C[C@@H]1CCc2sc(C(=O)NNC(=O)c3ccsc3)cc2C1. The third kappa shape index (κ3) is 3.16. The Balaban J connectivity index is 1.62. The van der Waals surface area contributed by atoms with Crippen LogP contribution in [0.4, 0.5) is 0 Å². The number of rotatable bonds is 2. The van der Waals surface area contributed by atoms with Gasteiger partial charge in [0.1, 0.15) is 0 Å². The topological polar surface area (TPSA) is 58.2 Å². The lowest BCUT2D eigenvalue weighted by molar-refractivity contribution is 0.0849. The molecule has 0 saturated heterocycles. The molecule has 0 saturated carbocycles. The molecule has 2 N–H and O–H groups in total. The highest BCUT2D eigenvalue weighted by atomic mass is 32.1. The van der Waals surface area contributed by atoms with E-state index in [0.717, 1.165) is 12.8 Å². The Labute approximate surface area is 131 Å². The first-order chi connectivity index (χ1) is 10.1. The Kier molecular flexibility index (Phi) is 4.07. The molecule has 2 amide bonds. The zero-order valence-electron chi connectivity index (χ0n) is 11.6. The van der Waals surface area contributed by atoms with Crippen molar-refractivity contribution >= 4 is 34.5 Å². The minimum Gasteiger partial charge on any atom is -0.267 e. The summed E-state index contributed by atoms with van der Waals surface area (Å²) in [6, 6.07) is 3.68. The van der Waals surface area contributed by atoms with Crippen molar-refractivity contribution < 1.29 is 9.59 Å². The molecular weight excluding hydrogens is 304 g/mol. The van der Waals surface area contributed by atoms with Gasteiger partial charge in [-0.25, -0.2) is 0 Å². The van der Waals surface area contributed by atoms with E-state index in [1.165, 1.54) is 39.5 Å². The molecule has 1 aliphatic carbocycles. The van der Waals surface area contributed by atoms with Crippen LogP contribution in [0.25, 0.3) is 0 Å². The summed E-state index contributed by atoms with van der Waals surface area (Å²) in [6.45, 7) is 2.24. The first-order valence-corrected chi connectivity index (χ1v) is 8.64. The summed E-state index contributed by atoms with van der Waals surface area (Å²) < 4.78 is 0. The van der Waals surface area contributed by atoms with Gasteiger partial charge in [0.15, 0.2) is 0 Å². The van der Waals surface area contributed by atoms with Crippen LogP contribution in [0.2, 0.25) is 0 Å². The number of hydrogen-bond acceptors (Lipinski definition) is 4. The van der Waals surface area contributed by atoms with Crippen LogP contribution in [-0.2, 0) is 12.8 Å². The van der Waals surface area contributed by atoms with Crippen molar-refractivity contribution in [2.75, 3.05) is 0 Å². The van der Waals surface area contributed by atoms with Gasteiger partial charge in [0, 0.05) is 10.3 Å². The number of thiophene rings is 2. The van der Waals surface area contributed by atoms with Crippen molar-refractivity contribution in [3.8, 4) is 0 Å². The molecule has 21 heavy (non-hydrogen) atoms. The van der Waals surface area contributed by atoms with Crippen LogP contribution in [0.5, 0.6) is 0 Å². The van der Waals surface area contributed by atoms with Crippen molar-refractivity contribution in [2.24, 2.45) is 5.92 Å². The molecule has 0 unspecified atom stereocenters. The smallest absolute Gasteiger partial charge is 0.267 e. The van der Waals surface area contributed by atoms with Crippen LogP contribution >= 0.6 is 22.7 Å². The van der Waals surface area contributed by atoms with E-state index in [4.69, 9.17) is 0 Å². The zero-order chi connectivity index (χ0) is 14.8. The molecule has 1 aliphatic rings. The molecule has 0 spiro atoms. The minimum absolute atomic E-state index is 0.245. The van der Waals surface area contributed by atoms with E-state index in [2.05, 4.69) is 17.8 Å². The van der Waals surface area contributed by atoms with Gasteiger partial charge in [-0.1, -0.05) is 6.92 Å². The molecule has 0 fully saturated rings. The van der Waals surface area contributed by atoms with Gasteiger partial charge in [-0.05, 0) is 48.3 Å². The number of carbonyl (C=O) groups excluding carboxylic acids is 2. The van der Waals surface area contributed by atoms with Crippen molar-refractivity contribution in [3.63, 3.8) is 0 Å². The molecule has 4 nitrogen and oxygen atoms in total. The van der Waals surface area contributed by atoms with Crippen molar-refractivity contribution in [2.45, 2.75) is 26.2 Å². The predicted octanol–water partition coefficient (Wildman–Crippen LogP) is 3.01. The van der Waals surface area contributed by atoms with Crippen molar-refractivity contribution in [1.82, 2.24) is 10.9 Å². The Hall–Kier alpha value is -1.66. The van der Waals surface area contributed by atoms with E-state index in [1.807, 2.05) is 11.4 Å². The minimum atomic E-state index is -0.292. The molecule has 0 radical (unpaired) electrons. The molecule has 2 aromatic rings. The van der Waals surface area contributed by atoms with Crippen molar-refractivity contribution in [3.05, 3.63) is 43.8 Å². The van der Waals surface area contributed by atoms with Gasteiger partial charge in [0.2, 0.25) is 0 Å². The molecule has 110 valence electrons. The van der Waals surface area contributed by atoms with Crippen molar-refractivity contribution in [1.29, 1.82) is 0 Å². The number of nitrogens with one attached hydrogen (secondary N) is 2. The fourth-order valence-electron chi connectivity index (χ4n) is 2.46. The van der Waals surface area contributed by atoms with Gasteiger partial charge < -0.3 is 0 Å². The van der Waals surface area contributed by atoms with Gasteiger partial charge >= 0.3 is 0 Å². The van der Waals surface area contributed by atoms with Gasteiger partial charge in [-0.3, -0.25) is 20.4 Å². The van der Waals surface area contributed by atoms with Crippen LogP contribution in [-0.4, -0.2) is 11.8 Å². The molecule has 0 aromatic carbocycles. The first kappa shape index (κ1) is 14.3. The highest BCUT2D eigenvalue weighted by Gasteiger charge is 2.20. The molecule has 2 heterocycles. The molecule has 6 heteroatoms. The highest BCUT2D eigenvalue weighted by Crippen LogP contribution is 2.32. The number of aryl methyl sites for hydroxylation is 1. The van der Waals surface area contributed by atoms with Crippen LogP contribution < -0.4 is 10.9 Å². The van der Waals surface area contributed by atoms with Crippen LogP contribution in [0.15, 0.2) is 22.9 Å². The predicted molar refractivity (Wildman–Crippen MR) is 84.8 cm³/mol. The maximum Gasteiger partial charge on any atom is 0.279 e. The summed E-state index contributed by atoms with van der Waals surface area (Å²) in [5.74, 6) is 0.145. The number of amides is 2. The molecule has 0 aliphatic heterocycles. The third-order valence-electron chi connectivity index (χ3n) is 3.63. The summed E-state index contributed by atoms with van der Waals surface area (Å²) in [5.41, 5.74) is 6.77.